The molecule has 7 nitrogen and oxygen atoms in total. The van der Waals surface area contributed by atoms with Gasteiger partial charge >= 0.3 is 0 Å². The van der Waals surface area contributed by atoms with Crippen molar-refractivity contribution >= 4 is 11.8 Å². The highest BCUT2D eigenvalue weighted by molar-refractivity contribution is 5.97. The molecule has 0 unspecified atom stereocenters. The molecule has 0 atom stereocenters. The quantitative estimate of drug-likeness (QED) is 0.704. The number of benzene rings is 1. The van der Waals surface area contributed by atoms with Crippen LogP contribution in [-0.4, -0.2) is 44.8 Å². The van der Waals surface area contributed by atoms with E-state index in [0.717, 1.165) is 11.1 Å². The number of nitrogens with zero attached hydrogens (tertiary/aromatic N) is 4. The van der Waals surface area contributed by atoms with Crippen LogP contribution in [0.1, 0.15) is 28.0 Å². The molecular weight excluding hydrogens is 385 g/mol. The Morgan fingerprint density at radius 2 is 1.90 bits per heavy atom. The molecule has 3 heterocycles. The van der Waals surface area contributed by atoms with E-state index >= 15 is 0 Å². The first-order valence-corrected chi connectivity index (χ1v) is 9.67. The Labute approximate surface area is 173 Å². The molecule has 0 bridgehead atoms. The minimum Gasteiger partial charge on any atom is -0.350 e. The summed E-state index contributed by atoms with van der Waals surface area (Å²) in [6, 6.07) is 9.55. The number of halogens is 1. The zero-order valence-corrected chi connectivity index (χ0v) is 16.2. The standard InChI is InChI=1S/C22H20FN5O2/c23-17-5-3-15(4-6-17)12-25-20(29)14-28-11-1-2-19-18(22(28)30)13-26-21(27-19)16-7-9-24-10-8-16/h3-10,13H,1-2,11-12,14H2,(H,25,29). The minimum absolute atomic E-state index is 0.0500. The minimum atomic E-state index is -0.326. The van der Waals surface area contributed by atoms with E-state index in [-0.39, 0.29) is 30.7 Å². The number of nitrogens with one attached hydrogen (secondary N) is 1. The monoisotopic (exact) mass is 405 g/mol. The van der Waals surface area contributed by atoms with Crippen LogP contribution in [0.3, 0.4) is 0 Å². The predicted octanol–water partition coefficient (Wildman–Crippen LogP) is 2.38. The SMILES string of the molecule is O=C(CN1CCCc2nc(-c3ccncc3)ncc2C1=O)NCc1ccc(F)cc1. The molecule has 0 aliphatic carbocycles. The molecule has 1 N–H and O–H groups in total. The Morgan fingerprint density at radius 3 is 2.67 bits per heavy atom. The maximum atomic E-state index is 13.0. The maximum Gasteiger partial charge on any atom is 0.257 e. The van der Waals surface area contributed by atoms with Gasteiger partial charge in [0.15, 0.2) is 5.82 Å². The fourth-order valence-corrected chi connectivity index (χ4v) is 3.32. The molecule has 0 saturated carbocycles. The molecule has 1 aromatic carbocycles. The molecule has 4 rings (SSSR count). The van der Waals surface area contributed by atoms with Gasteiger partial charge in [-0.3, -0.25) is 14.6 Å². The van der Waals surface area contributed by atoms with Crippen LogP contribution in [0, 0.1) is 5.82 Å². The molecule has 30 heavy (non-hydrogen) atoms. The second-order valence-electron chi connectivity index (χ2n) is 7.02. The lowest BCUT2D eigenvalue weighted by molar-refractivity contribution is -0.122. The van der Waals surface area contributed by atoms with E-state index in [0.29, 0.717) is 36.5 Å². The van der Waals surface area contributed by atoms with Gasteiger partial charge < -0.3 is 10.2 Å². The first kappa shape index (κ1) is 19.6. The Kier molecular flexibility index (Phi) is 5.74. The molecule has 8 heteroatoms. The maximum absolute atomic E-state index is 13.0. The predicted molar refractivity (Wildman–Crippen MR) is 108 cm³/mol. The van der Waals surface area contributed by atoms with E-state index in [9.17, 15) is 14.0 Å². The lowest BCUT2D eigenvalue weighted by atomic mass is 10.1. The summed E-state index contributed by atoms with van der Waals surface area (Å²) < 4.78 is 13.0. The van der Waals surface area contributed by atoms with E-state index < -0.39 is 0 Å². The largest absolute Gasteiger partial charge is 0.350 e. The number of rotatable bonds is 5. The number of amides is 2. The second-order valence-corrected chi connectivity index (χ2v) is 7.02. The van der Waals surface area contributed by atoms with Crippen molar-refractivity contribution in [3.63, 3.8) is 0 Å². The molecule has 0 spiro atoms. The van der Waals surface area contributed by atoms with E-state index in [1.807, 2.05) is 12.1 Å². The summed E-state index contributed by atoms with van der Waals surface area (Å²) in [5.41, 5.74) is 2.74. The summed E-state index contributed by atoms with van der Waals surface area (Å²) >= 11 is 0. The van der Waals surface area contributed by atoms with Crippen molar-refractivity contribution in [2.24, 2.45) is 0 Å². The van der Waals surface area contributed by atoms with E-state index in [4.69, 9.17) is 0 Å². The molecule has 0 saturated heterocycles. The Morgan fingerprint density at radius 1 is 1.13 bits per heavy atom. The fraction of sp³-hybridized carbons (Fsp3) is 0.227. The van der Waals surface area contributed by atoms with Crippen molar-refractivity contribution in [2.75, 3.05) is 13.1 Å². The third-order valence-electron chi connectivity index (χ3n) is 4.90. The lowest BCUT2D eigenvalue weighted by Gasteiger charge is -2.20. The zero-order chi connectivity index (χ0) is 20.9. The third-order valence-corrected chi connectivity index (χ3v) is 4.90. The van der Waals surface area contributed by atoms with E-state index in [2.05, 4.69) is 20.3 Å². The van der Waals surface area contributed by atoms with Crippen LogP contribution in [0.2, 0.25) is 0 Å². The van der Waals surface area contributed by atoms with Gasteiger partial charge in [-0.2, -0.15) is 0 Å². The lowest BCUT2D eigenvalue weighted by Crippen LogP contribution is -2.40. The van der Waals surface area contributed by atoms with Gasteiger partial charge in [0.1, 0.15) is 5.82 Å². The summed E-state index contributed by atoms with van der Waals surface area (Å²) in [6.07, 6.45) is 6.21. The third kappa shape index (κ3) is 4.48. The summed E-state index contributed by atoms with van der Waals surface area (Å²) in [4.78, 5) is 39.7. The molecule has 1 aliphatic rings. The van der Waals surface area contributed by atoms with Crippen molar-refractivity contribution in [3.05, 3.63) is 77.6 Å². The number of pyridine rings is 1. The molecule has 3 aromatic rings. The van der Waals surface area contributed by atoms with E-state index in [1.54, 1.807) is 24.5 Å². The molecular formula is C22H20FN5O2. The summed E-state index contributed by atoms with van der Waals surface area (Å²) in [7, 11) is 0. The second kappa shape index (κ2) is 8.77. The Bertz CT molecular complexity index is 1060. The number of hydrogen-bond donors (Lipinski definition) is 1. The first-order chi connectivity index (χ1) is 14.6. The van der Waals surface area contributed by atoms with Crippen molar-refractivity contribution < 1.29 is 14.0 Å². The van der Waals surface area contributed by atoms with Crippen LogP contribution < -0.4 is 5.32 Å². The van der Waals surface area contributed by atoms with Crippen LogP contribution >= 0.6 is 0 Å². The van der Waals surface area contributed by atoms with Gasteiger partial charge in [0.2, 0.25) is 5.91 Å². The highest BCUT2D eigenvalue weighted by Gasteiger charge is 2.26. The van der Waals surface area contributed by atoms with Gasteiger partial charge in [-0.25, -0.2) is 14.4 Å². The van der Waals surface area contributed by atoms with Crippen LogP contribution in [-0.2, 0) is 17.8 Å². The molecule has 0 fully saturated rings. The highest BCUT2D eigenvalue weighted by atomic mass is 19.1. The number of aromatic nitrogens is 3. The molecule has 2 aromatic heterocycles. The average Bonchev–Trinajstić information content (AvgIpc) is 2.92. The zero-order valence-electron chi connectivity index (χ0n) is 16.2. The summed E-state index contributed by atoms with van der Waals surface area (Å²) in [5.74, 6) is -0.297. The van der Waals surface area contributed by atoms with Gasteiger partial charge in [-0.1, -0.05) is 12.1 Å². The number of fused-ring (bicyclic) bond motifs is 1. The average molecular weight is 405 g/mol. The number of aryl methyl sites for hydroxylation is 1. The smallest absolute Gasteiger partial charge is 0.257 e. The van der Waals surface area contributed by atoms with Crippen molar-refractivity contribution in [2.45, 2.75) is 19.4 Å². The molecule has 2 amide bonds. The van der Waals surface area contributed by atoms with Gasteiger partial charge in [0, 0.05) is 37.2 Å². The van der Waals surface area contributed by atoms with Gasteiger partial charge in [-0.05, 0) is 42.7 Å². The van der Waals surface area contributed by atoms with Crippen LogP contribution in [0.25, 0.3) is 11.4 Å². The van der Waals surface area contributed by atoms with E-state index in [1.165, 1.54) is 23.2 Å². The van der Waals surface area contributed by atoms with Gasteiger partial charge in [-0.15, -0.1) is 0 Å². The number of carbonyl (C=O) groups excluding carboxylic acids is 2. The topological polar surface area (TPSA) is 88.1 Å². The summed E-state index contributed by atoms with van der Waals surface area (Å²) in [5, 5.41) is 2.77. The van der Waals surface area contributed by atoms with Crippen LogP contribution in [0.4, 0.5) is 4.39 Å². The number of hydrogen-bond acceptors (Lipinski definition) is 5. The van der Waals surface area contributed by atoms with Crippen molar-refractivity contribution in [1.29, 1.82) is 0 Å². The normalized spacial score (nSPS) is 13.5. The highest BCUT2D eigenvalue weighted by Crippen LogP contribution is 2.20. The van der Waals surface area contributed by atoms with Gasteiger partial charge in [0.25, 0.3) is 5.91 Å². The molecule has 1 aliphatic heterocycles. The summed E-state index contributed by atoms with van der Waals surface area (Å²) in [6.45, 7) is 0.686. The molecule has 152 valence electrons. The first-order valence-electron chi connectivity index (χ1n) is 9.67. The fourth-order valence-electron chi connectivity index (χ4n) is 3.32. The Balaban J connectivity index is 1.43. The van der Waals surface area contributed by atoms with Crippen LogP contribution in [0.5, 0.6) is 0 Å². The Hall–Kier alpha value is -3.68. The number of carbonyl (C=O) groups is 2. The van der Waals surface area contributed by atoms with Crippen LogP contribution in [0.15, 0.2) is 55.0 Å². The van der Waals surface area contributed by atoms with Gasteiger partial charge in [0.05, 0.1) is 17.8 Å². The van der Waals surface area contributed by atoms with Crippen molar-refractivity contribution in [3.8, 4) is 11.4 Å². The van der Waals surface area contributed by atoms with Crippen molar-refractivity contribution in [1.82, 2.24) is 25.2 Å². The molecule has 0 radical (unpaired) electrons.